The van der Waals surface area contributed by atoms with Crippen LogP contribution >= 0.6 is 11.3 Å². The fraction of sp³-hybridized carbons (Fsp3) is 0.250. The van der Waals surface area contributed by atoms with Crippen LogP contribution in [-0.4, -0.2) is 4.98 Å². The molecule has 0 aliphatic carbocycles. The summed E-state index contributed by atoms with van der Waals surface area (Å²) in [5, 5.41) is 1.14. The summed E-state index contributed by atoms with van der Waals surface area (Å²) in [5.74, 6) is 0. The van der Waals surface area contributed by atoms with Crippen LogP contribution in [0.25, 0.3) is 11.3 Å². The summed E-state index contributed by atoms with van der Waals surface area (Å²) in [6.07, 6.45) is 0. The molecule has 2 heteroatoms. The molecule has 0 saturated carbocycles. The summed E-state index contributed by atoms with van der Waals surface area (Å²) in [7, 11) is 0. The molecule has 0 radical (unpaired) electrons. The molecule has 1 aromatic carbocycles. The second-order valence-electron chi connectivity index (χ2n) is 3.51. The highest BCUT2D eigenvalue weighted by atomic mass is 32.1. The number of benzene rings is 1. The van der Waals surface area contributed by atoms with Gasteiger partial charge >= 0.3 is 0 Å². The largest absolute Gasteiger partial charge is 0.241 e. The highest BCUT2D eigenvalue weighted by molar-refractivity contribution is 7.11. The molecule has 0 aliphatic rings. The number of rotatable bonds is 1. The molecule has 14 heavy (non-hydrogen) atoms. The standard InChI is InChI=1S/C12H13NS/c1-8-5-4-6-11(7-8)12-9(2)14-10(3)13-12/h4-7H,1-3H3. The third kappa shape index (κ3) is 1.70. The van der Waals surface area contributed by atoms with Crippen LogP contribution in [-0.2, 0) is 0 Å². The second-order valence-corrected chi connectivity index (χ2v) is 4.91. The van der Waals surface area contributed by atoms with E-state index < -0.39 is 0 Å². The van der Waals surface area contributed by atoms with E-state index in [-0.39, 0.29) is 0 Å². The first-order chi connectivity index (χ1) is 6.66. The molecule has 0 N–H and O–H groups in total. The van der Waals surface area contributed by atoms with Gasteiger partial charge in [-0.2, -0.15) is 0 Å². The molecule has 0 bridgehead atoms. The van der Waals surface area contributed by atoms with E-state index in [1.165, 1.54) is 16.0 Å². The zero-order valence-electron chi connectivity index (χ0n) is 8.66. The Hall–Kier alpha value is -1.15. The number of nitrogens with zero attached hydrogens (tertiary/aromatic N) is 1. The Kier molecular flexibility index (Phi) is 2.38. The fourth-order valence-corrected chi connectivity index (χ4v) is 2.43. The quantitative estimate of drug-likeness (QED) is 0.688. The fourth-order valence-electron chi connectivity index (χ4n) is 1.59. The van der Waals surface area contributed by atoms with Crippen molar-refractivity contribution in [2.24, 2.45) is 0 Å². The molecule has 1 aromatic heterocycles. The molecule has 0 amide bonds. The second kappa shape index (κ2) is 3.54. The average molecular weight is 203 g/mol. The summed E-state index contributed by atoms with van der Waals surface area (Å²) in [5.41, 5.74) is 3.65. The first kappa shape index (κ1) is 9.41. The molecule has 1 nitrogen and oxygen atoms in total. The van der Waals surface area contributed by atoms with Gasteiger partial charge in [-0.1, -0.05) is 23.8 Å². The van der Waals surface area contributed by atoms with E-state index in [4.69, 9.17) is 0 Å². The van der Waals surface area contributed by atoms with E-state index in [0.717, 1.165) is 10.7 Å². The highest BCUT2D eigenvalue weighted by Gasteiger charge is 2.06. The minimum Gasteiger partial charge on any atom is -0.241 e. The van der Waals surface area contributed by atoms with E-state index in [9.17, 15) is 0 Å². The predicted molar refractivity (Wildman–Crippen MR) is 61.8 cm³/mol. The Morgan fingerprint density at radius 3 is 2.50 bits per heavy atom. The minimum absolute atomic E-state index is 1.14. The summed E-state index contributed by atoms with van der Waals surface area (Å²) in [6, 6.07) is 8.49. The molecule has 1 heterocycles. The lowest BCUT2D eigenvalue weighted by Gasteiger charge is -1.99. The topological polar surface area (TPSA) is 12.9 Å². The normalized spacial score (nSPS) is 10.5. The molecule has 0 aliphatic heterocycles. The Bertz CT molecular complexity index is 457. The number of hydrogen-bond acceptors (Lipinski definition) is 2. The predicted octanol–water partition coefficient (Wildman–Crippen LogP) is 3.74. The van der Waals surface area contributed by atoms with Gasteiger partial charge in [0.15, 0.2) is 0 Å². The van der Waals surface area contributed by atoms with Crippen LogP contribution in [0.1, 0.15) is 15.4 Å². The van der Waals surface area contributed by atoms with Gasteiger partial charge in [0, 0.05) is 10.4 Å². The Balaban J connectivity index is 2.54. The first-order valence-electron chi connectivity index (χ1n) is 4.68. The summed E-state index contributed by atoms with van der Waals surface area (Å²) in [4.78, 5) is 5.84. The first-order valence-corrected chi connectivity index (χ1v) is 5.49. The molecular formula is C12H13NS. The van der Waals surface area contributed by atoms with Gasteiger partial charge in [-0.15, -0.1) is 11.3 Å². The maximum absolute atomic E-state index is 4.54. The van der Waals surface area contributed by atoms with Gasteiger partial charge in [-0.05, 0) is 26.8 Å². The summed E-state index contributed by atoms with van der Waals surface area (Å²) < 4.78 is 0. The van der Waals surface area contributed by atoms with Gasteiger partial charge < -0.3 is 0 Å². The van der Waals surface area contributed by atoms with Gasteiger partial charge in [-0.3, -0.25) is 0 Å². The van der Waals surface area contributed by atoms with Crippen molar-refractivity contribution in [1.82, 2.24) is 4.98 Å². The van der Waals surface area contributed by atoms with E-state index >= 15 is 0 Å². The SMILES string of the molecule is Cc1cccc(-c2nc(C)sc2C)c1. The van der Waals surface area contributed by atoms with Crippen LogP contribution in [0, 0.1) is 20.8 Å². The van der Waals surface area contributed by atoms with Gasteiger partial charge in [0.05, 0.1) is 10.7 Å². The van der Waals surface area contributed by atoms with Gasteiger partial charge in [0.2, 0.25) is 0 Å². The lowest BCUT2D eigenvalue weighted by molar-refractivity contribution is 1.28. The van der Waals surface area contributed by atoms with Gasteiger partial charge in [0.1, 0.15) is 0 Å². The van der Waals surface area contributed by atoms with E-state index in [0.29, 0.717) is 0 Å². The van der Waals surface area contributed by atoms with Crippen LogP contribution in [0.15, 0.2) is 24.3 Å². The van der Waals surface area contributed by atoms with Crippen molar-refractivity contribution in [3.63, 3.8) is 0 Å². The zero-order chi connectivity index (χ0) is 10.1. The number of aromatic nitrogens is 1. The van der Waals surface area contributed by atoms with Crippen LogP contribution in [0.5, 0.6) is 0 Å². The van der Waals surface area contributed by atoms with Gasteiger partial charge in [-0.25, -0.2) is 4.98 Å². The number of thiazole rings is 1. The van der Waals surface area contributed by atoms with Crippen LogP contribution in [0.2, 0.25) is 0 Å². The lowest BCUT2D eigenvalue weighted by atomic mass is 10.1. The van der Waals surface area contributed by atoms with E-state index in [1.54, 1.807) is 11.3 Å². The molecule has 2 aromatic rings. The maximum Gasteiger partial charge on any atom is 0.0904 e. The van der Waals surface area contributed by atoms with Crippen molar-refractivity contribution in [2.75, 3.05) is 0 Å². The minimum atomic E-state index is 1.14. The summed E-state index contributed by atoms with van der Waals surface area (Å²) >= 11 is 1.76. The van der Waals surface area contributed by atoms with Crippen molar-refractivity contribution in [3.8, 4) is 11.3 Å². The Labute approximate surface area is 88.4 Å². The van der Waals surface area contributed by atoms with Crippen molar-refractivity contribution in [3.05, 3.63) is 39.7 Å². The molecule has 2 rings (SSSR count). The monoisotopic (exact) mass is 203 g/mol. The lowest BCUT2D eigenvalue weighted by Crippen LogP contribution is -1.81. The Morgan fingerprint density at radius 1 is 1.14 bits per heavy atom. The molecule has 0 fully saturated rings. The molecule has 0 spiro atoms. The molecule has 72 valence electrons. The number of hydrogen-bond donors (Lipinski definition) is 0. The zero-order valence-corrected chi connectivity index (χ0v) is 9.48. The third-order valence-corrected chi connectivity index (χ3v) is 3.08. The van der Waals surface area contributed by atoms with E-state index in [1.807, 2.05) is 0 Å². The molecule has 0 saturated heterocycles. The molecule has 0 unspecified atom stereocenters. The average Bonchev–Trinajstić information content (AvgIpc) is 2.45. The van der Waals surface area contributed by atoms with Crippen molar-refractivity contribution >= 4 is 11.3 Å². The van der Waals surface area contributed by atoms with E-state index in [2.05, 4.69) is 50.0 Å². The summed E-state index contributed by atoms with van der Waals surface area (Å²) in [6.45, 7) is 6.29. The van der Waals surface area contributed by atoms with Crippen LogP contribution < -0.4 is 0 Å². The maximum atomic E-state index is 4.54. The third-order valence-electron chi connectivity index (χ3n) is 2.20. The number of aryl methyl sites for hydroxylation is 3. The Morgan fingerprint density at radius 2 is 1.93 bits per heavy atom. The smallest absolute Gasteiger partial charge is 0.0904 e. The highest BCUT2D eigenvalue weighted by Crippen LogP contribution is 2.27. The van der Waals surface area contributed by atoms with Crippen LogP contribution in [0.3, 0.4) is 0 Å². The van der Waals surface area contributed by atoms with Crippen LogP contribution in [0.4, 0.5) is 0 Å². The van der Waals surface area contributed by atoms with Crippen molar-refractivity contribution in [2.45, 2.75) is 20.8 Å². The molecular weight excluding hydrogens is 190 g/mol. The molecule has 0 atom stereocenters. The van der Waals surface area contributed by atoms with Gasteiger partial charge in [0.25, 0.3) is 0 Å². The van der Waals surface area contributed by atoms with Crippen molar-refractivity contribution in [1.29, 1.82) is 0 Å². The van der Waals surface area contributed by atoms with Crippen molar-refractivity contribution < 1.29 is 0 Å².